The monoisotopic (exact) mass is 242 g/mol. The van der Waals surface area contributed by atoms with Crippen molar-refractivity contribution < 1.29 is 32.2 Å². The van der Waals surface area contributed by atoms with Gasteiger partial charge in [-0.25, -0.2) is 0 Å². The summed E-state index contributed by atoms with van der Waals surface area (Å²) in [7, 11) is 0. The zero-order valence-corrected chi connectivity index (χ0v) is 8.97. The van der Waals surface area contributed by atoms with Crippen LogP contribution in [0.3, 0.4) is 0 Å². The Morgan fingerprint density at radius 2 is 1.44 bits per heavy atom. The molecule has 0 fully saturated rings. The van der Waals surface area contributed by atoms with Gasteiger partial charge in [0.15, 0.2) is 5.92 Å². The van der Waals surface area contributed by atoms with Gasteiger partial charge in [-0.2, -0.15) is 13.2 Å². The van der Waals surface area contributed by atoms with Gasteiger partial charge in [0.05, 0.1) is 19.6 Å². The highest BCUT2D eigenvalue weighted by molar-refractivity contribution is 5.94. The van der Waals surface area contributed by atoms with Crippen molar-refractivity contribution in [2.45, 2.75) is 26.4 Å². The first-order valence-corrected chi connectivity index (χ1v) is 4.71. The van der Waals surface area contributed by atoms with Gasteiger partial charge in [0.1, 0.15) is 0 Å². The van der Waals surface area contributed by atoms with Crippen LogP contribution in [-0.2, 0) is 19.1 Å². The average molecular weight is 242 g/mol. The molecular formula is C9H13F3O4. The average Bonchev–Trinajstić information content (AvgIpc) is 2.13. The number of halogens is 3. The van der Waals surface area contributed by atoms with Gasteiger partial charge in [0.2, 0.25) is 0 Å². The summed E-state index contributed by atoms with van der Waals surface area (Å²) < 4.78 is 45.0. The highest BCUT2D eigenvalue weighted by Crippen LogP contribution is 2.26. The van der Waals surface area contributed by atoms with Crippen molar-refractivity contribution in [1.29, 1.82) is 0 Å². The van der Waals surface area contributed by atoms with Crippen LogP contribution in [0.4, 0.5) is 13.2 Å². The Hall–Kier alpha value is -1.27. The molecule has 0 atom stereocenters. The van der Waals surface area contributed by atoms with Gasteiger partial charge >= 0.3 is 18.1 Å². The number of rotatable bonds is 5. The van der Waals surface area contributed by atoms with E-state index in [-0.39, 0.29) is 13.2 Å². The predicted octanol–water partition coefficient (Wildman–Crippen LogP) is 1.68. The molecule has 0 aromatic carbocycles. The molecular weight excluding hydrogens is 229 g/mol. The first-order chi connectivity index (χ1) is 7.31. The van der Waals surface area contributed by atoms with Gasteiger partial charge in [-0.3, -0.25) is 9.59 Å². The molecule has 0 amide bonds. The van der Waals surface area contributed by atoms with Crippen LogP contribution in [0.5, 0.6) is 0 Å². The van der Waals surface area contributed by atoms with Crippen molar-refractivity contribution >= 4 is 11.9 Å². The largest absolute Gasteiger partial charge is 0.465 e. The summed E-state index contributed by atoms with van der Waals surface area (Å²) in [6.07, 6.45) is -6.19. The lowest BCUT2D eigenvalue weighted by Gasteiger charge is -2.15. The fraction of sp³-hybridized carbons (Fsp3) is 0.778. The Morgan fingerprint density at radius 3 is 1.69 bits per heavy atom. The van der Waals surface area contributed by atoms with E-state index in [0.717, 1.165) is 0 Å². The summed E-state index contributed by atoms with van der Waals surface area (Å²) in [5, 5.41) is 0. The van der Waals surface area contributed by atoms with Gasteiger partial charge in [0, 0.05) is 0 Å². The molecule has 0 rings (SSSR count). The number of hydrogen-bond acceptors (Lipinski definition) is 4. The first kappa shape index (κ1) is 14.7. The Bertz CT molecular complexity index is 232. The third kappa shape index (κ3) is 5.57. The van der Waals surface area contributed by atoms with Crippen LogP contribution in [0.1, 0.15) is 20.3 Å². The second-order valence-electron chi connectivity index (χ2n) is 2.88. The van der Waals surface area contributed by atoms with E-state index in [2.05, 4.69) is 9.47 Å². The second kappa shape index (κ2) is 6.34. The van der Waals surface area contributed by atoms with Crippen LogP contribution < -0.4 is 0 Å². The van der Waals surface area contributed by atoms with Gasteiger partial charge in [-0.05, 0) is 13.8 Å². The van der Waals surface area contributed by atoms with Gasteiger partial charge in [0.25, 0.3) is 0 Å². The fourth-order valence-corrected chi connectivity index (χ4v) is 0.980. The number of alkyl halides is 3. The SMILES string of the molecule is CCOC(=O)C(CC(F)(F)F)C(=O)OCC. The molecule has 16 heavy (non-hydrogen) atoms. The normalized spacial score (nSPS) is 11.4. The number of carbonyl (C=O) groups excluding carboxylic acids is 2. The Morgan fingerprint density at radius 1 is 1.06 bits per heavy atom. The lowest BCUT2D eigenvalue weighted by molar-refractivity contribution is -0.180. The second-order valence-corrected chi connectivity index (χ2v) is 2.88. The van der Waals surface area contributed by atoms with Crippen molar-refractivity contribution in [3.63, 3.8) is 0 Å². The summed E-state index contributed by atoms with van der Waals surface area (Å²) in [6.45, 7) is 2.70. The molecule has 0 aliphatic rings. The molecule has 0 aromatic heterocycles. The third-order valence-corrected chi connectivity index (χ3v) is 1.58. The number of hydrogen-bond donors (Lipinski definition) is 0. The molecule has 0 spiro atoms. The maximum atomic E-state index is 12.1. The van der Waals surface area contributed by atoms with E-state index in [1.54, 1.807) is 0 Å². The summed E-state index contributed by atoms with van der Waals surface area (Å²) in [6, 6.07) is 0. The van der Waals surface area contributed by atoms with E-state index in [1.165, 1.54) is 13.8 Å². The zero-order valence-electron chi connectivity index (χ0n) is 8.97. The zero-order chi connectivity index (χ0) is 12.8. The van der Waals surface area contributed by atoms with Gasteiger partial charge in [-0.1, -0.05) is 0 Å². The van der Waals surface area contributed by atoms with E-state index in [9.17, 15) is 22.8 Å². The van der Waals surface area contributed by atoms with Gasteiger partial charge in [-0.15, -0.1) is 0 Å². The molecule has 0 saturated carbocycles. The van der Waals surface area contributed by atoms with E-state index < -0.39 is 30.5 Å². The molecule has 0 radical (unpaired) electrons. The summed E-state index contributed by atoms with van der Waals surface area (Å²) in [4.78, 5) is 22.2. The number of ether oxygens (including phenoxy) is 2. The van der Waals surface area contributed by atoms with Crippen molar-refractivity contribution in [3.8, 4) is 0 Å². The van der Waals surface area contributed by atoms with Crippen LogP contribution in [0.2, 0.25) is 0 Å². The van der Waals surface area contributed by atoms with Crippen LogP contribution in [-0.4, -0.2) is 31.3 Å². The number of carbonyl (C=O) groups is 2. The lowest BCUT2D eigenvalue weighted by Crippen LogP contribution is -2.32. The smallest absolute Gasteiger partial charge is 0.390 e. The molecule has 0 N–H and O–H groups in total. The standard InChI is InChI=1S/C9H13F3O4/c1-3-15-7(13)6(5-9(10,11)12)8(14)16-4-2/h6H,3-5H2,1-2H3. The minimum absolute atomic E-state index is 0.0907. The molecule has 0 heterocycles. The molecule has 7 heteroatoms. The molecule has 0 aliphatic heterocycles. The fourth-order valence-electron chi connectivity index (χ4n) is 0.980. The molecule has 0 unspecified atom stereocenters. The summed E-state index contributed by atoms with van der Waals surface area (Å²) in [5.41, 5.74) is 0. The Kier molecular flexibility index (Phi) is 5.84. The molecule has 4 nitrogen and oxygen atoms in total. The van der Waals surface area contributed by atoms with Crippen LogP contribution in [0, 0.1) is 5.92 Å². The maximum absolute atomic E-state index is 12.1. The van der Waals surface area contributed by atoms with Gasteiger partial charge < -0.3 is 9.47 Å². The van der Waals surface area contributed by atoms with Crippen LogP contribution >= 0.6 is 0 Å². The van der Waals surface area contributed by atoms with Crippen molar-refractivity contribution in [1.82, 2.24) is 0 Å². The topological polar surface area (TPSA) is 52.6 Å². The quantitative estimate of drug-likeness (QED) is 0.543. The van der Waals surface area contributed by atoms with E-state index in [0.29, 0.717) is 0 Å². The van der Waals surface area contributed by atoms with Crippen molar-refractivity contribution in [2.75, 3.05) is 13.2 Å². The van der Waals surface area contributed by atoms with E-state index >= 15 is 0 Å². The Labute approximate surface area is 90.7 Å². The molecule has 0 aliphatic carbocycles. The maximum Gasteiger partial charge on any atom is 0.390 e. The summed E-state index contributed by atoms with van der Waals surface area (Å²) >= 11 is 0. The first-order valence-electron chi connectivity index (χ1n) is 4.71. The van der Waals surface area contributed by atoms with Crippen molar-refractivity contribution in [2.24, 2.45) is 5.92 Å². The Balaban J connectivity index is 4.62. The minimum atomic E-state index is -4.62. The molecule has 94 valence electrons. The highest BCUT2D eigenvalue weighted by atomic mass is 19.4. The van der Waals surface area contributed by atoms with Crippen LogP contribution in [0.25, 0.3) is 0 Å². The molecule has 0 saturated heterocycles. The predicted molar refractivity (Wildman–Crippen MR) is 47.4 cm³/mol. The summed E-state index contributed by atoms with van der Waals surface area (Å²) in [5.74, 6) is -4.35. The third-order valence-electron chi connectivity index (χ3n) is 1.58. The lowest BCUT2D eigenvalue weighted by atomic mass is 10.1. The molecule has 0 bridgehead atoms. The highest BCUT2D eigenvalue weighted by Gasteiger charge is 2.41. The van der Waals surface area contributed by atoms with Crippen molar-refractivity contribution in [3.05, 3.63) is 0 Å². The number of esters is 2. The minimum Gasteiger partial charge on any atom is -0.465 e. The van der Waals surface area contributed by atoms with E-state index in [1.807, 2.05) is 0 Å². The molecule has 0 aromatic rings. The van der Waals surface area contributed by atoms with Crippen LogP contribution in [0.15, 0.2) is 0 Å². The van der Waals surface area contributed by atoms with E-state index in [4.69, 9.17) is 0 Å².